The van der Waals surface area contributed by atoms with Crippen molar-refractivity contribution in [3.05, 3.63) is 47.2 Å². The molecule has 0 unspecified atom stereocenters. The van der Waals surface area contributed by atoms with E-state index in [9.17, 15) is 18.4 Å². The second kappa shape index (κ2) is 9.10. The summed E-state index contributed by atoms with van der Waals surface area (Å²) in [6.45, 7) is 2.99. The van der Waals surface area contributed by atoms with Gasteiger partial charge in [0, 0.05) is 29.8 Å². The molecule has 0 radical (unpaired) electrons. The van der Waals surface area contributed by atoms with E-state index in [4.69, 9.17) is 10.2 Å². The van der Waals surface area contributed by atoms with E-state index in [0.29, 0.717) is 17.5 Å². The van der Waals surface area contributed by atoms with Crippen LogP contribution in [0.3, 0.4) is 0 Å². The van der Waals surface area contributed by atoms with Crippen molar-refractivity contribution in [3.63, 3.8) is 0 Å². The number of hydrogen-bond donors (Lipinski definition) is 3. The third-order valence-electron chi connectivity index (χ3n) is 4.00. The molecule has 8 heteroatoms. The highest BCUT2D eigenvalue weighted by Gasteiger charge is 2.24. The SMILES string of the molecule is CCCn1c2c(c3c(F)c(F)ccc31)CCC2.N.O=C(O)C=CC(=O)O. The number of nitrogens with zero attached hydrogens (tertiary/aromatic N) is 1. The number of aliphatic carboxylic acids is 2. The molecule has 6 nitrogen and oxygen atoms in total. The smallest absolute Gasteiger partial charge is 0.328 e. The van der Waals surface area contributed by atoms with Gasteiger partial charge in [0.2, 0.25) is 0 Å². The van der Waals surface area contributed by atoms with Crippen LogP contribution < -0.4 is 6.15 Å². The number of fused-ring (bicyclic) bond motifs is 3. The summed E-state index contributed by atoms with van der Waals surface area (Å²) in [4.78, 5) is 19.1. The molecule has 142 valence electrons. The Kier molecular flexibility index (Phi) is 7.45. The number of aryl methyl sites for hydroxylation is 2. The lowest BCUT2D eigenvalue weighted by Crippen LogP contribution is -2.01. The van der Waals surface area contributed by atoms with Crippen molar-refractivity contribution < 1.29 is 28.6 Å². The molecule has 5 N–H and O–H groups in total. The van der Waals surface area contributed by atoms with E-state index in [1.54, 1.807) is 6.07 Å². The Balaban J connectivity index is 0.000000325. The fraction of sp³-hybridized carbons (Fsp3) is 0.333. The number of carboxylic acids is 2. The highest BCUT2D eigenvalue weighted by Crippen LogP contribution is 2.35. The van der Waals surface area contributed by atoms with Crippen LogP contribution in [-0.4, -0.2) is 26.7 Å². The zero-order valence-electron chi connectivity index (χ0n) is 14.5. The second-order valence-corrected chi connectivity index (χ2v) is 5.70. The van der Waals surface area contributed by atoms with Gasteiger partial charge in [-0.1, -0.05) is 6.92 Å². The molecular weight excluding hydrogens is 346 g/mol. The zero-order chi connectivity index (χ0) is 18.6. The molecule has 1 aliphatic carbocycles. The van der Waals surface area contributed by atoms with Crippen LogP contribution >= 0.6 is 0 Å². The van der Waals surface area contributed by atoms with E-state index in [0.717, 1.165) is 43.3 Å². The Hall–Kier alpha value is -2.74. The van der Waals surface area contributed by atoms with E-state index in [2.05, 4.69) is 11.5 Å². The molecule has 2 aromatic rings. The van der Waals surface area contributed by atoms with Gasteiger partial charge in [-0.3, -0.25) is 0 Å². The summed E-state index contributed by atoms with van der Waals surface area (Å²) in [6, 6.07) is 2.95. The van der Waals surface area contributed by atoms with Gasteiger partial charge in [0.15, 0.2) is 11.6 Å². The third-order valence-corrected chi connectivity index (χ3v) is 4.00. The maximum Gasteiger partial charge on any atom is 0.328 e. The molecule has 1 aromatic heterocycles. The van der Waals surface area contributed by atoms with Crippen LogP contribution in [0.2, 0.25) is 0 Å². The lowest BCUT2D eigenvalue weighted by atomic mass is 10.1. The fourth-order valence-electron chi connectivity index (χ4n) is 3.11. The molecule has 0 saturated carbocycles. The number of benzene rings is 1. The van der Waals surface area contributed by atoms with Crippen molar-refractivity contribution in [3.8, 4) is 0 Å². The van der Waals surface area contributed by atoms with Gasteiger partial charge < -0.3 is 20.9 Å². The van der Waals surface area contributed by atoms with Crippen molar-refractivity contribution in [2.45, 2.75) is 39.2 Å². The summed E-state index contributed by atoms with van der Waals surface area (Å²) in [7, 11) is 0. The van der Waals surface area contributed by atoms with E-state index in [-0.39, 0.29) is 6.15 Å². The monoisotopic (exact) mass is 368 g/mol. The molecule has 0 saturated heterocycles. The van der Waals surface area contributed by atoms with Crippen molar-refractivity contribution in [1.29, 1.82) is 0 Å². The van der Waals surface area contributed by atoms with Crippen LogP contribution in [-0.2, 0) is 29.0 Å². The Morgan fingerprint density at radius 2 is 1.77 bits per heavy atom. The normalized spacial score (nSPS) is 12.4. The maximum atomic E-state index is 13.9. The number of aromatic nitrogens is 1. The van der Waals surface area contributed by atoms with Gasteiger partial charge in [-0.05, 0) is 43.4 Å². The van der Waals surface area contributed by atoms with Gasteiger partial charge in [0.1, 0.15) is 0 Å². The first-order valence-electron chi connectivity index (χ1n) is 7.98. The van der Waals surface area contributed by atoms with E-state index < -0.39 is 23.6 Å². The summed E-state index contributed by atoms with van der Waals surface area (Å²) >= 11 is 0. The molecule has 0 spiro atoms. The molecule has 1 aromatic carbocycles. The van der Waals surface area contributed by atoms with Crippen LogP contribution in [0.15, 0.2) is 24.3 Å². The van der Waals surface area contributed by atoms with Crippen molar-refractivity contribution in [1.82, 2.24) is 10.7 Å². The molecule has 0 fully saturated rings. The third kappa shape index (κ3) is 4.45. The van der Waals surface area contributed by atoms with E-state index >= 15 is 0 Å². The Morgan fingerprint density at radius 3 is 2.31 bits per heavy atom. The average molecular weight is 368 g/mol. The van der Waals surface area contributed by atoms with Crippen molar-refractivity contribution in [2.75, 3.05) is 0 Å². The predicted octanol–water partition coefficient (Wildman–Crippen LogP) is 3.69. The summed E-state index contributed by atoms with van der Waals surface area (Å²) in [5, 5.41) is 16.1. The lowest BCUT2D eigenvalue weighted by Gasteiger charge is -2.07. The minimum absolute atomic E-state index is 0. The van der Waals surface area contributed by atoms with Gasteiger partial charge in [0.25, 0.3) is 0 Å². The van der Waals surface area contributed by atoms with Gasteiger partial charge in [-0.15, -0.1) is 0 Å². The van der Waals surface area contributed by atoms with Crippen LogP contribution in [0.25, 0.3) is 10.9 Å². The first kappa shape index (κ1) is 21.3. The molecule has 0 atom stereocenters. The average Bonchev–Trinajstić information content (AvgIpc) is 3.12. The number of hydrogen-bond acceptors (Lipinski definition) is 3. The molecule has 0 bridgehead atoms. The first-order valence-corrected chi connectivity index (χ1v) is 7.98. The number of halogens is 2. The standard InChI is InChI=1S/C14H15F2N.C4H4O4.H3N/c1-2-8-17-11-5-3-4-9(11)13-12(17)7-6-10(15)14(13)16;5-3(6)1-2-4(7)8;/h6-7H,2-5,8H2,1H3;1-2H,(H,5,6)(H,7,8);1H3. The van der Waals surface area contributed by atoms with Crippen molar-refractivity contribution in [2.24, 2.45) is 0 Å². The molecule has 0 amide bonds. The summed E-state index contributed by atoms with van der Waals surface area (Å²) in [5.74, 6) is -3.92. The quantitative estimate of drug-likeness (QED) is 0.712. The van der Waals surface area contributed by atoms with Crippen LogP contribution in [0.5, 0.6) is 0 Å². The van der Waals surface area contributed by atoms with E-state index in [1.807, 2.05) is 0 Å². The largest absolute Gasteiger partial charge is 0.478 e. The Bertz CT molecular complexity index is 828. The Labute approximate surface area is 149 Å². The predicted molar refractivity (Wildman–Crippen MR) is 93.6 cm³/mol. The maximum absolute atomic E-state index is 13.9. The fourth-order valence-corrected chi connectivity index (χ4v) is 3.11. The first-order chi connectivity index (χ1) is 11.9. The van der Waals surface area contributed by atoms with Gasteiger partial charge in [-0.2, -0.15) is 0 Å². The summed E-state index contributed by atoms with van der Waals surface area (Å²) < 4.78 is 29.4. The second-order valence-electron chi connectivity index (χ2n) is 5.70. The molecular formula is C18H22F2N2O4. The van der Waals surface area contributed by atoms with Crippen LogP contribution in [0.4, 0.5) is 8.78 Å². The minimum Gasteiger partial charge on any atom is -0.478 e. The molecule has 1 aliphatic rings. The topological polar surface area (TPSA) is 115 Å². The van der Waals surface area contributed by atoms with Gasteiger partial charge >= 0.3 is 11.9 Å². The highest BCUT2D eigenvalue weighted by molar-refractivity contribution is 5.89. The molecule has 26 heavy (non-hydrogen) atoms. The van der Waals surface area contributed by atoms with Crippen LogP contribution in [0.1, 0.15) is 31.0 Å². The number of rotatable bonds is 4. The Morgan fingerprint density at radius 1 is 1.15 bits per heavy atom. The van der Waals surface area contributed by atoms with E-state index in [1.165, 1.54) is 11.8 Å². The minimum atomic E-state index is -1.26. The summed E-state index contributed by atoms with van der Waals surface area (Å²) in [6.07, 6.45) is 5.05. The highest BCUT2D eigenvalue weighted by atomic mass is 19.2. The number of carboxylic acid groups (broad SMARTS) is 2. The molecule has 1 heterocycles. The number of carbonyl (C=O) groups is 2. The zero-order valence-corrected chi connectivity index (χ0v) is 14.5. The van der Waals surface area contributed by atoms with Gasteiger partial charge in [-0.25, -0.2) is 18.4 Å². The van der Waals surface area contributed by atoms with Gasteiger partial charge in [0.05, 0.1) is 5.52 Å². The van der Waals surface area contributed by atoms with Crippen molar-refractivity contribution >= 4 is 22.8 Å². The molecule has 3 rings (SSSR count). The summed E-state index contributed by atoms with van der Waals surface area (Å²) in [5.41, 5.74) is 3.10. The molecule has 0 aliphatic heterocycles. The van der Waals surface area contributed by atoms with Crippen LogP contribution in [0, 0.1) is 11.6 Å². The lowest BCUT2D eigenvalue weighted by molar-refractivity contribution is -0.134.